The summed E-state index contributed by atoms with van der Waals surface area (Å²) in [6.07, 6.45) is -2.66. The standard InChI is InChI=1S/C23H24F6N6.C8H14O/c1-13-7-14(2)20-18(8-13)19(5-4-6-30-20)35(21-31-33-34(3)32-21)12-15-9-16(22(24,25)26)11-17(10-15)23(27,28)29;1-7-2-4-8(6-9)5-3-7/h7-11,19,30H,4-6,12H2,1-3H3;6-8H,2-5H2,1H3/t19-;/m0./s1. The maximum absolute atomic E-state index is 13.5. The van der Waals surface area contributed by atoms with Gasteiger partial charge in [-0.05, 0) is 85.6 Å². The predicted octanol–water partition coefficient (Wildman–Crippen LogP) is 7.83. The maximum atomic E-state index is 13.5. The van der Waals surface area contributed by atoms with Crippen LogP contribution in [0.15, 0.2) is 30.3 Å². The highest BCUT2D eigenvalue weighted by Gasteiger charge is 2.38. The number of rotatable bonds is 5. The number of benzene rings is 2. The van der Waals surface area contributed by atoms with E-state index in [4.69, 9.17) is 0 Å². The van der Waals surface area contributed by atoms with Crippen molar-refractivity contribution in [1.29, 1.82) is 0 Å². The van der Waals surface area contributed by atoms with Gasteiger partial charge in [0.2, 0.25) is 0 Å². The van der Waals surface area contributed by atoms with Crippen molar-refractivity contribution in [2.75, 3.05) is 16.8 Å². The Hall–Kier alpha value is -3.64. The molecule has 3 aromatic rings. The third-order valence-electron chi connectivity index (χ3n) is 8.21. The second kappa shape index (κ2) is 13.6. The minimum Gasteiger partial charge on any atom is -0.385 e. The lowest BCUT2D eigenvalue weighted by Crippen LogP contribution is -2.30. The third kappa shape index (κ3) is 8.29. The Morgan fingerprint density at radius 1 is 0.955 bits per heavy atom. The van der Waals surface area contributed by atoms with Gasteiger partial charge < -0.3 is 15.0 Å². The number of anilines is 2. The highest BCUT2D eigenvalue weighted by molar-refractivity contribution is 5.62. The number of aryl methyl sites for hydroxylation is 3. The van der Waals surface area contributed by atoms with Gasteiger partial charge in [-0.3, -0.25) is 0 Å². The van der Waals surface area contributed by atoms with Crippen molar-refractivity contribution in [3.8, 4) is 0 Å². The molecule has 2 aromatic carbocycles. The number of nitrogens with one attached hydrogen (secondary N) is 1. The number of halogens is 6. The number of alkyl halides is 6. The first-order valence-electron chi connectivity index (χ1n) is 14.7. The molecule has 2 aliphatic rings. The van der Waals surface area contributed by atoms with Crippen LogP contribution in [0.5, 0.6) is 0 Å². The van der Waals surface area contributed by atoms with Crippen LogP contribution in [-0.2, 0) is 30.7 Å². The molecule has 1 aliphatic heterocycles. The Morgan fingerprint density at radius 2 is 1.59 bits per heavy atom. The molecular formula is C31H38F6N6O. The molecule has 0 spiro atoms. The van der Waals surface area contributed by atoms with Crippen molar-refractivity contribution in [1.82, 2.24) is 20.2 Å². The molecule has 7 nitrogen and oxygen atoms in total. The first kappa shape index (κ1) is 33.3. The van der Waals surface area contributed by atoms with Crippen LogP contribution in [0.25, 0.3) is 0 Å². The molecule has 1 atom stereocenters. The number of carbonyl (C=O) groups excluding carboxylic acids is 1. The van der Waals surface area contributed by atoms with Crippen molar-refractivity contribution >= 4 is 17.9 Å². The molecule has 0 amide bonds. The molecule has 5 rings (SSSR count). The van der Waals surface area contributed by atoms with Crippen molar-refractivity contribution < 1.29 is 31.1 Å². The van der Waals surface area contributed by atoms with Crippen LogP contribution >= 0.6 is 0 Å². The van der Waals surface area contributed by atoms with Gasteiger partial charge in [0.1, 0.15) is 6.29 Å². The van der Waals surface area contributed by atoms with Crippen molar-refractivity contribution in [2.24, 2.45) is 18.9 Å². The van der Waals surface area contributed by atoms with Crippen molar-refractivity contribution in [3.05, 3.63) is 63.7 Å². The van der Waals surface area contributed by atoms with E-state index >= 15 is 0 Å². The van der Waals surface area contributed by atoms with E-state index in [9.17, 15) is 31.1 Å². The Balaban J connectivity index is 0.000000421. The fraction of sp³-hybridized carbons (Fsp3) is 0.548. The topological polar surface area (TPSA) is 75.9 Å². The summed E-state index contributed by atoms with van der Waals surface area (Å²) in [4.78, 5) is 13.1. The number of tetrazole rings is 1. The maximum Gasteiger partial charge on any atom is 0.416 e. The fourth-order valence-corrected chi connectivity index (χ4v) is 5.93. The van der Waals surface area contributed by atoms with Crippen LogP contribution in [-0.4, -0.2) is 33.0 Å². The van der Waals surface area contributed by atoms with Crippen LogP contribution < -0.4 is 10.2 Å². The first-order chi connectivity index (χ1) is 20.7. The number of aldehydes is 1. The molecule has 1 aliphatic carbocycles. The second-order valence-electron chi connectivity index (χ2n) is 11.9. The molecule has 240 valence electrons. The number of fused-ring (bicyclic) bond motifs is 1. The summed E-state index contributed by atoms with van der Waals surface area (Å²) < 4.78 is 80.8. The number of hydrogen-bond acceptors (Lipinski definition) is 6. The molecule has 1 aromatic heterocycles. The molecule has 0 unspecified atom stereocenters. The summed E-state index contributed by atoms with van der Waals surface area (Å²) in [5.74, 6) is 1.37. The normalized spacial score (nSPS) is 20.5. The summed E-state index contributed by atoms with van der Waals surface area (Å²) in [6, 6.07) is 5.22. The zero-order valence-electron chi connectivity index (χ0n) is 25.3. The predicted molar refractivity (Wildman–Crippen MR) is 155 cm³/mol. The Kier molecular flexibility index (Phi) is 10.2. The van der Waals surface area contributed by atoms with Crippen LogP contribution in [0.3, 0.4) is 0 Å². The summed E-state index contributed by atoms with van der Waals surface area (Å²) in [5, 5.41) is 15.5. The summed E-state index contributed by atoms with van der Waals surface area (Å²) in [6.45, 7) is 6.56. The quantitative estimate of drug-likeness (QED) is 0.230. The molecule has 2 heterocycles. The summed E-state index contributed by atoms with van der Waals surface area (Å²) in [7, 11) is 1.54. The van der Waals surface area contributed by atoms with Gasteiger partial charge >= 0.3 is 12.4 Å². The van der Waals surface area contributed by atoms with E-state index in [1.54, 1.807) is 4.90 Å². The average Bonchev–Trinajstić information content (AvgIpc) is 3.27. The van der Waals surface area contributed by atoms with Crippen LogP contribution in [0.1, 0.15) is 84.9 Å². The highest BCUT2D eigenvalue weighted by atomic mass is 19.4. The third-order valence-corrected chi connectivity index (χ3v) is 8.21. The van der Waals surface area contributed by atoms with Crippen LogP contribution in [0.2, 0.25) is 0 Å². The average molecular weight is 625 g/mol. The van der Waals surface area contributed by atoms with Crippen LogP contribution in [0, 0.1) is 25.7 Å². The summed E-state index contributed by atoms with van der Waals surface area (Å²) >= 11 is 0. The minimum absolute atomic E-state index is 0.121. The lowest BCUT2D eigenvalue weighted by atomic mass is 9.84. The molecule has 0 radical (unpaired) electrons. The molecule has 0 saturated heterocycles. The smallest absolute Gasteiger partial charge is 0.385 e. The summed E-state index contributed by atoms with van der Waals surface area (Å²) in [5.41, 5.74) is 0.899. The zero-order valence-corrected chi connectivity index (χ0v) is 25.3. The fourth-order valence-electron chi connectivity index (χ4n) is 5.93. The van der Waals surface area contributed by atoms with E-state index in [1.165, 1.54) is 24.7 Å². The molecule has 1 fully saturated rings. The van der Waals surface area contributed by atoms with E-state index < -0.39 is 29.5 Å². The molecular weight excluding hydrogens is 586 g/mol. The SMILES string of the molecule is CC1CCC(C=O)CC1.Cc1cc(C)c2c(c1)[C@@H](N(Cc1cc(C(F)(F)F)cc(C(F)(F)F)c1)c1nnn(C)n1)CCCN2. The molecule has 13 heteroatoms. The van der Waals surface area contributed by atoms with Crippen molar-refractivity contribution in [3.63, 3.8) is 0 Å². The van der Waals surface area contributed by atoms with Gasteiger partial charge in [-0.2, -0.15) is 31.1 Å². The van der Waals surface area contributed by atoms with Gasteiger partial charge in [0.15, 0.2) is 0 Å². The number of aromatic nitrogens is 4. The minimum atomic E-state index is -4.93. The van der Waals surface area contributed by atoms with Gasteiger partial charge in [0, 0.05) is 24.7 Å². The number of hydrogen-bond donors (Lipinski definition) is 1. The second-order valence-corrected chi connectivity index (χ2v) is 11.9. The number of nitrogens with zero attached hydrogens (tertiary/aromatic N) is 5. The monoisotopic (exact) mass is 624 g/mol. The van der Waals surface area contributed by atoms with Gasteiger partial charge in [0.25, 0.3) is 5.95 Å². The van der Waals surface area contributed by atoms with Gasteiger partial charge in [-0.15, -0.1) is 5.10 Å². The Morgan fingerprint density at radius 3 is 2.14 bits per heavy atom. The Bertz CT molecular complexity index is 1400. The number of carbonyl (C=O) groups is 1. The van der Waals surface area contributed by atoms with Gasteiger partial charge in [-0.25, -0.2) is 0 Å². The zero-order chi connectivity index (χ0) is 32.2. The van der Waals surface area contributed by atoms with Gasteiger partial charge in [-0.1, -0.05) is 42.6 Å². The molecule has 1 saturated carbocycles. The molecule has 0 bridgehead atoms. The Labute approximate surface area is 253 Å². The van der Waals surface area contributed by atoms with E-state index in [-0.39, 0.29) is 24.1 Å². The lowest BCUT2D eigenvalue weighted by molar-refractivity contribution is -0.143. The largest absolute Gasteiger partial charge is 0.416 e. The van der Waals surface area contributed by atoms with E-state index in [2.05, 4.69) is 27.7 Å². The van der Waals surface area contributed by atoms with E-state index in [1.807, 2.05) is 26.0 Å². The van der Waals surface area contributed by atoms with Gasteiger partial charge in [0.05, 0.1) is 24.2 Å². The molecule has 1 N–H and O–H groups in total. The van der Waals surface area contributed by atoms with Crippen LogP contribution in [0.4, 0.5) is 38.0 Å². The first-order valence-corrected chi connectivity index (χ1v) is 14.7. The molecule has 44 heavy (non-hydrogen) atoms. The van der Waals surface area contributed by atoms with E-state index in [0.29, 0.717) is 18.9 Å². The van der Waals surface area contributed by atoms with E-state index in [0.717, 1.165) is 66.0 Å². The lowest BCUT2D eigenvalue weighted by Gasteiger charge is -2.32. The highest BCUT2D eigenvalue weighted by Crippen LogP contribution is 2.41. The van der Waals surface area contributed by atoms with Crippen molar-refractivity contribution in [2.45, 2.75) is 84.2 Å².